The number of ether oxygens (including phenoxy) is 3. The van der Waals surface area contributed by atoms with Crippen molar-refractivity contribution in [1.29, 1.82) is 0 Å². The minimum atomic E-state index is -0.576. The number of hydrogen-bond acceptors (Lipinski definition) is 7. The second kappa shape index (κ2) is 14.0. The topological polar surface area (TPSA) is 120 Å². The molecule has 0 atom stereocenters. The van der Waals surface area contributed by atoms with E-state index in [1.165, 1.54) is 0 Å². The maximum atomic E-state index is 12.1. The zero-order valence-electron chi connectivity index (χ0n) is 20.4. The molecule has 192 valence electrons. The highest BCUT2D eigenvalue weighted by molar-refractivity contribution is 5.94. The van der Waals surface area contributed by atoms with Gasteiger partial charge < -0.3 is 24.8 Å². The fraction of sp³-hybridized carbons (Fsp3) is 0.214. The first-order chi connectivity index (χ1) is 17.9. The van der Waals surface area contributed by atoms with Gasteiger partial charge in [-0.3, -0.25) is 14.4 Å². The van der Waals surface area contributed by atoms with Crippen LogP contribution >= 0.6 is 0 Å². The second-order valence-electron chi connectivity index (χ2n) is 7.85. The van der Waals surface area contributed by atoms with Crippen LogP contribution in [0.3, 0.4) is 0 Å². The fourth-order valence-corrected chi connectivity index (χ4v) is 3.17. The molecule has 3 aromatic rings. The SMILES string of the molecule is CCOC(=O)c1ccc(NC(=O)CCCC(=O)OCC(=O)Nc2ccc(Oc3ccccc3)cc2)cc1. The molecule has 0 aliphatic heterocycles. The minimum Gasteiger partial charge on any atom is -0.462 e. The van der Waals surface area contributed by atoms with Crippen molar-refractivity contribution in [1.82, 2.24) is 0 Å². The van der Waals surface area contributed by atoms with Crippen molar-refractivity contribution in [3.63, 3.8) is 0 Å². The number of esters is 2. The molecule has 2 amide bonds. The number of carbonyl (C=O) groups excluding carboxylic acids is 4. The summed E-state index contributed by atoms with van der Waals surface area (Å²) in [5.74, 6) is -0.447. The van der Waals surface area contributed by atoms with Gasteiger partial charge in [-0.1, -0.05) is 18.2 Å². The van der Waals surface area contributed by atoms with Crippen LogP contribution in [0.2, 0.25) is 0 Å². The van der Waals surface area contributed by atoms with Crippen LogP contribution in [0.25, 0.3) is 0 Å². The van der Waals surface area contributed by atoms with Crippen LogP contribution in [0, 0.1) is 0 Å². The molecule has 0 aliphatic carbocycles. The van der Waals surface area contributed by atoms with Crippen LogP contribution in [0.5, 0.6) is 11.5 Å². The third-order valence-corrected chi connectivity index (χ3v) is 4.95. The van der Waals surface area contributed by atoms with E-state index in [9.17, 15) is 19.2 Å². The van der Waals surface area contributed by atoms with Crippen LogP contribution < -0.4 is 15.4 Å². The molecule has 0 fully saturated rings. The lowest BCUT2D eigenvalue weighted by Gasteiger charge is -2.09. The van der Waals surface area contributed by atoms with Gasteiger partial charge in [0.15, 0.2) is 6.61 Å². The molecule has 3 aromatic carbocycles. The van der Waals surface area contributed by atoms with E-state index in [2.05, 4.69) is 10.6 Å². The summed E-state index contributed by atoms with van der Waals surface area (Å²) in [5.41, 5.74) is 1.45. The Hall–Kier alpha value is -4.66. The van der Waals surface area contributed by atoms with Crippen LogP contribution in [0.1, 0.15) is 36.5 Å². The molecule has 9 heteroatoms. The lowest BCUT2D eigenvalue weighted by molar-refractivity contribution is -0.147. The number of anilines is 2. The molecule has 9 nitrogen and oxygen atoms in total. The van der Waals surface area contributed by atoms with Gasteiger partial charge in [0, 0.05) is 24.2 Å². The maximum absolute atomic E-state index is 12.1. The zero-order chi connectivity index (χ0) is 26.5. The average molecular weight is 505 g/mol. The van der Waals surface area contributed by atoms with Gasteiger partial charge in [0.25, 0.3) is 5.91 Å². The molecule has 0 aliphatic rings. The third-order valence-electron chi connectivity index (χ3n) is 4.95. The van der Waals surface area contributed by atoms with Gasteiger partial charge in [0.1, 0.15) is 11.5 Å². The van der Waals surface area contributed by atoms with E-state index >= 15 is 0 Å². The number of nitrogens with one attached hydrogen (secondary N) is 2. The average Bonchev–Trinajstić information content (AvgIpc) is 2.90. The summed E-state index contributed by atoms with van der Waals surface area (Å²) in [6.07, 6.45) is 0.350. The normalized spacial score (nSPS) is 10.2. The minimum absolute atomic E-state index is 0.00593. The standard InChI is InChI=1S/C28H28N2O7/c1-2-35-28(34)20-11-13-21(14-12-20)29-25(31)9-6-10-27(33)36-19-26(32)30-22-15-17-24(18-16-22)37-23-7-4-3-5-8-23/h3-5,7-8,11-18H,2,6,9-10,19H2,1H3,(H,29,31)(H,30,32). The Morgan fingerprint density at radius 2 is 1.27 bits per heavy atom. The lowest BCUT2D eigenvalue weighted by atomic mass is 10.2. The van der Waals surface area contributed by atoms with Gasteiger partial charge >= 0.3 is 11.9 Å². The summed E-state index contributed by atoms with van der Waals surface area (Å²) >= 11 is 0. The van der Waals surface area contributed by atoms with Crippen molar-refractivity contribution in [2.24, 2.45) is 0 Å². The Kier molecular flexibility index (Phi) is 10.2. The van der Waals surface area contributed by atoms with E-state index in [-0.39, 0.29) is 31.8 Å². The van der Waals surface area contributed by atoms with Crippen molar-refractivity contribution in [3.8, 4) is 11.5 Å². The summed E-state index contributed by atoms with van der Waals surface area (Å²) in [6, 6.07) is 22.4. The van der Waals surface area contributed by atoms with Crippen LogP contribution in [0.15, 0.2) is 78.9 Å². The summed E-state index contributed by atoms with van der Waals surface area (Å²) in [5, 5.41) is 5.34. The van der Waals surface area contributed by atoms with Gasteiger partial charge in [0.2, 0.25) is 5.91 Å². The van der Waals surface area contributed by atoms with Crippen LogP contribution in [-0.2, 0) is 23.9 Å². The molecule has 0 spiro atoms. The summed E-state index contributed by atoms with van der Waals surface area (Å²) in [7, 11) is 0. The number of amides is 2. The third kappa shape index (κ3) is 9.48. The molecule has 3 rings (SSSR count). The van der Waals surface area contributed by atoms with E-state index in [4.69, 9.17) is 14.2 Å². The molecular weight excluding hydrogens is 476 g/mol. The van der Waals surface area contributed by atoms with E-state index in [1.54, 1.807) is 55.5 Å². The number of carbonyl (C=O) groups is 4. The molecule has 0 bridgehead atoms. The van der Waals surface area contributed by atoms with E-state index in [0.717, 1.165) is 0 Å². The molecule has 0 saturated carbocycles. The Bertz CT molecular complexity index is 1190. The predicted octanol–water partition coefficient (Wildman–Crippen LogP) is 4.95. The van der Waals surface area contributed by atoms with E-state index in [0.29, 0.717) is 28.4 Å². The van der Waals surface area contributed by atoms with Crippen molar-refractivity contribution in [3.05, 3.63) is 84.4 Å². The Morgan fingerprint density at radius 3 is 1.92 bits per heavy atom. The van der Waals surface area contributed by atoms with Crippen molar-refractivity contribution in [2.45, 2.75) is 26.2 Å². The van der Waals surface area contributed by atoms with Crippen molar-refractivity contribution < 1.29 is 33.4 Å². The van der Waals surface area contributed by atoms with E-state index in [1.807, 2.05) is 30.3 Å². The molecular formula is C28H28N2O7. The Balaban J connectivity index is 1.31. The quantitative estimate of drug-likeness (QED) is 0.335. The number of rotatable bonds is 12. The van der Waals surface area contributed by atoms with E-state index < -0.39 is 24.5 Å². The summed E-state index contributed by atoms with van der Waals surface area (Å²) < 4.78 is 15.6. The number of para-hydroxylation sites is 1. The highest BCUT2D eigenvalue weighted by Crippen LogP contribution is 2.22. The first kappa shape index (κ1) is 26.9. The lowest BCUT2D eigenvalue weighted by Crippen LogP contribution is -2.21. The maximum Gasteiger partial charge on any atom is 0.338 e. The number of hydrogen-bond donors (Lipinski definition) is 2. The molecule has 0 unspecified atom stereocenters. The Morgan fingerprint density at radius 1 is 0.676 bits per heavy atom. The molecule has 0 radical (unpaired) electrons. The van der Waals surface area contributed by atoms with Gasteiger partial charge in [-0.25, -0.2) is 4.79 Å². The van der Waals surface area contributed by atoms with Gasteiger partial charge in [0.05, 0.1) is 12.2 Å². The smallest absolute Gasteiger partial charge is 0.338 e. The molecule has 0 aromatic heterocycles. The molecule has 0 saturated heterocycles. The van der Waals surface area contributed by atoms with Gasteiger partial charge in [-0.2, -0.15) is 0 Å². The highest BCUT2D eigenvalue weighted by Gasteiger charge is 2.11. The molecule has 2 N–H and O–H groups in total. The Labute approximate surface area is 214 Å². The van der Waals surface area contributed by atoms with Gasteiger partial charge in [-0.05, 0) is 74.0 Å². The highest BCUT2D eigenvalue weighted by atomic mass is 16.5. The number of benzene rings is 3. The van der Waals surface area contributed by atoms with Crippen LogP contribution in [0.4, 0.5) is 11.4 Å². The zero-order valence-corrected chi connectivity index (χ0v) is 20.4. The molecule has 0 heterocycles. The van der Waals surface area contributed by atoms with Crippen molar-refractivity contribution >= 4 is 35.1 Å². The van der Waals surface area contributed by atoms with Crippen molar-refractivity contribution in [2.75, 3.05) is 23.8 Å². The first-order valence-corrected chi connectivity index (χ1v) is 11.8. The summed E-state index contributed by atoms with van der Waals surface area (Å²) in [6.45, 7) is 1.57. The largest absolute Gasteiger partial charge is 0.462 e. The van der Waals surface area contributed by atoms with Crippen LogP contribution in [-0.4, -0.2) is 37.0 Å². The summed E-state index contributed by atoms with van der Waals surface area (Å²) in [4.78, 5) is 47.7. The van der Waals surface area contributed by atoms with Gasteiger partial charge in [-0.15, -0.1) is 0 Å². The fourth-order valence-electron chi connectivity index (χ4n) is 3.17. The molecule has 37 heavy (non-hydrogen) atoms. The second-order valence-corrected chi connectivity index (χ2v) is 7.85. The monoisotopic (exact) mass is 504 g/mol. The predicted molar refractivity (Wildman–Crippen MR) is 137 cm³/mol. The first-order valence-electron chi connectivity index (χ1n) is 11.8.